The number of alkyl halides is 1. The molecule has 0 aromatic heterocycles. The highest BCUT2D eigenvalue weighted by Gasteiger charge is 2.75. The van der Waals surface area contributed by atoms with E-state index in [2.05, 4.69) is 0 Å². The van der Waals surface area contributed by atoms with Gasteiger partial charge in [-0.15, -0.1) is 5.06 Å². The number of nitrogens with zero attached hydrogens (tertiary/aromatic N) is 1. The summed E-state index contributed by atoms with van der Waals surface area (Å²) in [5.74, 6) is -5.94. The van der Waals surface area contributed by atoms with Gasteiger partial charge in [-0.2, -0.15) is 0 Å². The average molecular weight is 646 g/mol. The number of rotatable bonds is 6. The van der Waals surface area contributed by atoms with Crippen molar-refractivity contribution in [2.45, 2.75) is 108 Å². The summed E-state index contributed by atoms with van der Waals surface area (Å²) in [5.41, 5.74) is -5.55. The average Bonchev–Trinajstić information content (AvgIpc) is 3.44. The SMILES string of the molecule is C[C@@H]1C[C@H]2[C@@H]3CCC4=CC(O)C=C[C@]4(C)[C@@]3(F)[C@@H](O)C[C@]2(C)[C@@]1(O)C(=O)COC(=O)C1CCC(C(=O)ON2C(=O)CCC2=O)CC1. The van der Waals surface area contributed by atoms with Gasteiger partial charge in [0.2, 0.25) is 5.78 Å². The van der Waals surface area contributed by atoms with Crippen molar-refractivity contribution in [3.05, 3.63) is 23.8 Å². The van der Waals surface area contributed by atoms with E-state index in [9.17, 15) is 39.3 Å². The van der Waals surface area contributed by atoms with Crippen LogP contribution >= 0.6 is 0 Å². The van der Waals surface area contributed by atoms with Crippen LogP contribution < -0.4 is 0 Å². The van der Waals surface area contributed by atoms with Crippen molar-refractivity contribution in [3.63, 3.8) is 0 Å². The summed E-state index contributed by atoms with van der Waals surface area (Å²) in [6.07, 6.45) is 4.81. The number of amides is 2. The Morgan fingerprint density at radius 2 is 1.57 bits per heavy atom. The van der Waals surface area contributed by atoms with Gasteiger partial charge in [0.1, 0.15) is 5.60 Å². The van der Waals surface area contributed by atoms with Gasteiger partial charge >= 0.3 is 11.9 Å². The number of hydrogen-bond donors (Lipinski definition) is 3. The lowest BCUT2D eigenvalue weighted by molar-refractivity contribution is -0.220. The van der Waals surface area contributed by atoms with E-state index in [-0.39, 0.29) is 44.9 Å². The number of fused-ring (bicyclic) bond motifs is 5. The van der Waals surface area contributed by atoms with Crippen LogP contribution in [0.3, 0.4) is 0 Å². The molecule has 0 radical (unpaired) electrons. The lowest BCUT2D eigenvalue weighted by atomic mass is 9.44. The molecule has 3 N–H and O–H groups in total. The number of Topliss-reactive ketones (excluding diaryl/α,β-unsaturated/α-hetero) is 1. The molecule has 6 rings (SSSR count). The van der Waals surface area contributed by atoms with Crippen LogP contribution in [0, 0.1) is 40.4 Å². The summed E-state index contributed by atoms with van der Waals surface area (Å²) in [5, 5.41) is 34.3. The number of esters is 1. The Morgan fingerprint density at radius 3 is 2.20 bits per heavy atom. The highest BCUT2D eigenvalue weighted by molar-refractivity contribution is 6.01. The van der Waals surface area contributed by atoms with E-state index >= 15 is 4.39 Å². The number of ether oxygens (including phenoxy) is 1. The van der Waals surface area contributed by atoms with Crippen molar-refractivity contribution in [1.29, 1.82) is 0 Å². The second kappa shape index (κ2) is 11.3. The molecule has 5 fully saturated rings. The topological polar surface area (TPSA) is 168 Å². The van der Waals surface area contributed by atoms with Crippen LogP contribution in [0.2, 0.25) is 0 Å². The van der Waals surface area contributed by atoms with Crippen LogP contribution in [0.15, 0.2) is 23.8 Å². The Bertz CT molecular complexity index is 1390. The predicted octanol–water partition coefficient (Wildman–Crippen LogP) is 2.65. The van der Waals surface area contributed by atoms with Gasteiger partial charge in [0.25, 0.3) is 11.8 Å². The Balaban J connectivity index is 1.09. The molecule has 9 atom stereocenters. The molecule has 0 bridgehead atoms. The standard InChI is InChI=1S/C34H44FNO10/c1-18-14-24-23-9-8-21-15-22(37)12-13-31(21,2)33(23,35)25(38)16-32(24,3)34(18,44)26(39)17-45-29(42)19-4-6-20(7-5-19)30(43)46-36-27(40)10-11-28(36)41/h12-13,15,18-20,22-25,37-38,44H,4-11,14,16-17H2,1-3H3/t18-,19?,20?,22?,23+,24+,25+,31+,32+,33+,34+/m1/s1. The second-order valence-electron chi connectivity index (χ2n) is 14.9. The number of ketones is 1. The Labute approximate surface area is 267 Å². The number of hydroxylamine groups is 2. The monoisotopic (exact) mass is 645 g/mol. The lowest BCUT2D eigenvalue weighted by Crippen LogP contribution is -2.69. The van der Waals surface area contributed by atoms with Gasteiger partial charge in [-0.3, -0.25) is 19.2 Å². The van der Waals surface area contributed by atoms with E-state index in [1.165, 1.54) is 6.08 Å². The van der Waals surface area contributed by atoms with E-state index in [4.69, 9.17) is 9.57 Å². The minimum atomic E-state index is -2.05. The number of carbonyl (C=O) groups excluding carboxylic acids is 5. The van der Waals surface area contributed by atoms with Gasteiger partial charge in [0.05, 0.1) is 24.0 Å². The van der Waals surface area contributed by atoms with E-state index < -0.39 is 100 Å². The smallest absolute Gasteiger partial charge is 0.336 e. The van der Waals surface area contributed by atoms with E-state index in [1.54, 1.807) is 32.9 Å². The molecular weight excluding hydrogens is 601 g/mol. The summed E-state index contributed by atoms with van der Waals surface area (Å²) >= 11 is 0. The second-order valence-corrected chi connectivity index (χ2v) is 14.9. The van der Waals surface area contributed by atoms with Crippen LogP contribution in [0.1, 0.15) is 85.0 Å². The molecule has 2 amide bonds. The van der Waals surface area contributed by atoms with Crippen LogP contribution in [0.25, 0.3) is 0 Å². The quantitative estimate of drug-likeness (QED) is 0.222. The summed E-state index contributed by atoms with van der Waals surface area (Å²) < 4.78 is 22.8. The number of imide groups is 1. The molecule has 1 heterocycles. The van der Waals surface area contributed by atoms with Crippen LogP contribution in [-0.4, -0.2) is 80.0 Å². The largest absolute Gasteiger partial charge is 0.457 e. The van der Waals surface area contributed by atoms with Crippen molar-refractivity contribution in [2.24, 2.45) is 40.4 Å². The molecule has 6 aliphatic rings. The Hall–Kier alpha value is -2.96. The van der Waals surface area contributed by atoms with Crippen LogP contribution in [0.4, 0.5) is 4.39 Å². The van der Waals surface area contributed by atoms with Gasteiger partial charge in [0.15, 0.2) is 12.3 Å². The molecule has 252 valence electrons. The third-order valence-electron chi connectivity index (χ3n) is 12.7. The maximum atomic E-state index is 17.4. The van der Waals surface area contributed by atoms with Gasteiger partial charge in [-0.1, -0.05) is 37.6 Å². The molecule has 1 unspecified atom stereocenters. The molecule has 1 aliphatic heterocycles. The van der Waals surface area contributed by atoms with Crippen LogP contribution in [-0.2, 0) is 33.5 Å². The Kier molecular flexibility index (Phi) is 8.12. The number of carbonyl (C=O) groups is 5. The lowest BCUT2D eigenvalue weighted by Gasteiger charge is -2.62. The Morgan fingerprint density at radius 1 is 0.957 bits per heavy atom. The third kappa shape index (κ3) is 4.64. The minimum Gasteiger partial charge on any atom is -0.457 e. The van der Waals surface area contributed by atoms with E-state index in [0.29, 0.717) is 24.3 Å². The third-order valence-corrected chi connectivity index (χ3v) is 12.7. The molecule has 11 nitrogen and oxygen atoms in total. The fourth-order valence-corrected chi connectivity index (χ4v) is 10.0. The van der Waals surface area contributed by atoms with Crippen molar-refractivity contribution < 1.29 is 53.3 Å². The van der Waals surface area contributed by atoms with Gasteiger partial charge in [-0.25, -0.2) is 9.18 Å². The number of aliphatic hydroxyl groups is 3. The molecule has 1 saturated heterocycles. The number of hydrogen-bond acceptors (Lipinski definition) is 10. The molecule has 4 saturated carbocycles. The summed E-state index contributed by atoms with van der Waals surface area (Å²) in [4.78, 5) is 67.8. The first-order valence-corrected chi connectivity index (χ1v) is 16.5. The summed E-state index contributed by atoms with van der Waals surface area (Å²) in [6, 6.07) is 0. The first kappa shape index (κ1) is 33.0. The van der Waals surface area contributed by atoms with Crippen molar-refractivity contribution >= 4 is 29.5 Å². The number of halogens is 1. The summed E-state index contributed by atoms with van der Waals surface area (Å²) in [7, 11) is 0. The number of allylic oxidation sites excluding steroid dienone is 2. The van der Waals surface area contributed by atoms with Crippen molar-refractivity contribution in [1.82, 2.24) is 5.06 Å². The summed E-state index contributed by atoms with van der Waals surface area (Å²) in [6.45, 7) is 4.56. The van der Waals surface area contributed by atoms with Gasteiger partial charge < -0.3 is 24.9 Å². The highest BCUT2D eigenvalue weighted by Crippen LogP contribution is 2.70. The van der Waals surface area contributed by atoms with E-state index in [0.717, 1.165) is 5.57 Å². The van der Waals surface area contributed by atoms with Gasteiger partial charge in [0, 0.05) is 29.6 Å². The van der Waals surface area contributed by atoms with Gasteiger partial charge in [-0.05, 0) is 70.1 Å². The predicted molar refractivity (Wildman–Crippen MR) is 157 cm³/mol. The zero-order valence-electron chi connectivity index (χ0n) is 26.6. The highest BCUT2D eigenvalue weighted by atomic mass is 19.1. The number of aliphatic hydroxyl groups excluding tert-OH is 2. The maximum absolute atomic E-state index is 17.4. The van der Waals surface area contributed by atoms with E-state index in [1.807, 2.05) is 0 Å². The molecule has 0 aromatic carbocycles. The fraction of sp³-hybridized carbons (Fsp3) is 0.735. The van der Waals surface area contributed by atoms with Crippen LogP contribution in [0.5, 0.6) is 0 Å². The first-order valence-electron chi connectivity index (χ1n) is 16.5. The zero-order valence-corrected chi connectivity index (χ0v) is 26.6. The zero-order chi connectivity index (χ0) is 33.4. The minimum absolute atomic E-state index is 0.00381. The fourth-order valence-electron chi connectivity index (χ4n) is 10.0. The normalized spacial score (nSPS) is 45.0. The van der Waals surface area contributed by atoms with Crippen molar-refractivity contribution in [2.75, 3.05) is 6.61 Å². The maximum Gasteiger partial charge on any atom is 0.336 e. The molecule has 12 heteroatoms. The first-order chi connectivity index (χ1) is 21.6. The molecule has 0 spiro atoms. The van der Waals surface area contributed by atoms with Crippen molar-refractivity contribution in [3.8, 4) is 0 Å². The molecule has 0 aromatic rings. The molecule has 46 heavy (non-hydrogen) atoms. The molecular formula is C34H44FNO10. The molecule has 5 aliphatic carbocycles.